The summed E-state index contributed by atoms with van der Waals surface area (Å²) in [6.07, 6.45) is 4.38. The van der Waals surface area contributed by atoms with Crippen molar-refractivity contribution in [3.05, 3.63) is 16.5 Å². The first kappa shape index (κ1) is 16.2. The number of thiophene rings is 1. The maximum atomic E-state index is 12.3. The molecule has 5 nitrogen and oxygen atoms in total. The SMILES string of the molecule is CN(CC(=O)O[C@@H]1C[C@H]2CC[C@H]1C2)S(=O)(=O)c1ccc(Cl)s1. The van der Waals surface area contributed by atoms with Crippen LogP contribution < -0.4 is 0 Å². The maximum Gasteiger partial charge on any atom is 0.321 e. The van der Waals surface area contributed by atoms with Crippen LogP contribution in [0.5, 0.6) is 0 Å². The normalized spacial score (nSPS) is 27.5. The van der Waals surface area contributed by atoms with Crippen molar-refractivity contribution in [3.8, 4) is 0 Å². The lowest BCUT2D eigenvalue weighted by molar-refractivity contribution is -0.151. The topological polar surface area (TPSA) is 63.7 Å². The summed E-state index contributed by atoms with van der Waals surface area (Å²) >= 11 is 6.75. The standard InChI is InChI=1S/C14H18ClNO4S2/c1-16(22(18,19)14-5-4-12(15)21-14)8-13(17)20-11-7-9-2-3-10(11)6-9/h4-5,9-11H,2-3,6-8H2,1H3/t9-,10-,11+/m0/s1. The van der Waals surface area contributed by atoms with Gasteiger partial charge in [0, 0.05) is 7.05 Å². The van der Waals surface area contributed by atoms with Crippen molar-refractivity contribution in [1.82, 2.24) is 4.31 Å². The lowest BCUT2D eigenvalue weighted by atomic mass is 9.98. The fraction of sp³-hybridized carbons (Fsp3) is 0.643. The lowest BCUT2D eigenvalue weighted by Gasteiger charge is -2.23. The van der Waals surface area contributed by atoms with Crippen molar-refractivity contribution in [2.75, 3.05) is 13.6 Å². The van der Waals surface area contributed by atoms with E-state index in [-0.39, 0.29) is 16.9 Å². The third-order valence-corrected chi connectivity index (χ3v) is 8.02. The van der Waals surface area contributed by atoms with Gasteiger partial charge >= 0.3 is 5.97 Å². The van der Waals surface area contributed by atoms with Crippen molar-refractivity contribution in [1.29, 1.82) is 0 Å². The number of carbonyl (C=O) groups excluding carboxylic acids is 1. The van der Waals surface area contributed by atoms with E-state index in [1.165, 1.54) is 25.6 Å². The van der Waals surface area contributed by atoms with E-state index in [4.69, 9.17) is 16.3 Å². The number of hydrogen-bond acceptors (Lipinski definition) is 5. The molecule has 0 N–H and O–H groups in total. The molecule has 2 bridgehead atoms. The van der Waals surface area contributed by atoms with E-state index in [0.717, 1.165) is 34.9 Å². The molecule has 22 heavy (non-hydrogen) atoms. The summed E-state index contributed by atoms with van der Waals surface area (Å²) in [5, 5.41) is 0. The fourth-order valence-corrected chi connectivity index (χ4v) is 6.20. The minimum atomic E-state index is -3.69. The molecular weight excluding hydrogens is 346 g/mol. The Hall–Kier alpha value is -0.630. The van der Waals surface area contributed by atoms with Crippen molar-refractivity contribution >= 4 is 38.9 Å². The first-order chi connectivity index (χ1) is 10.4. The number of fused-ring (bicyclic) bond motifs is 2. The molecule has 122 valence electrons. The van der Waals surface area contributed by atoms with Gasteiger partial charge in [-0.1, -0.05) is 11.6 Å². The molecule has 1 aromatic heterocycles. The minimum absolute atomic E-state index is 0.0291. The Kier molecular flexibility index (Phi) is 4.51. The van der Waals surface area contributed by atoms with Gasteiger partial charge in [-0.3, -0.25) is 4.79 Å². The Morgan fingerprint density at radius 1 is 1.41 bits per heavy atom. The van der Waals surface area contributed by atoms with Crippen LogP contribution in [0.2, 0.25) is 4.34 Å². The molecule has 2 fully saturated rings. The second-order valence-electron chi connectivity index (χ2n) is 6.02. The molecule has 0 aromatic carbocycles. The minimum Gasteiger partial charge on any atom is -0.461 e. The second-order valence-corrected chi connectivity index (χ2v) is 10.0. The van der Waals surface area contributed by atoms with Crippen molar-refractivity contribution in [3.63, 3.8) is 0 Å². The Morgan fingerprint density at radius 2 is 2.18 bits per heavy atom. The van der Waals surface area contributed by atoms with Crippen LogP contribution in [-0.2, 0) is 19.6 Å². The first-order valence-corrected chi connectivity index (χ1v) is 9.91. The van der Waals surface area contributed by atoms with E-state index in [1.54, 1.807) is 0 Å². The molecular formula is C14H18ClNO4S2. The Labute approximate surface area is 139 Å². The molecule has 2 saturated carbocycles. The highest BCUT2D eigenvalue weighted by Gasteiger charge is 2.41. The largest absolute Gasteiger partial charge is 0.461 e. The summed E-state index contributed by atoms with van der Waals surface area (Å²) in [6.45, 7) is -0.272. The van der Waals surface area contributed by atoms with Gasteiger partial charge in [0.1, 0.15) is 16.9 Å². The number of hydrogen-bond donors (Lipinski definition) is 0. The molecule has 2 aliphatic carbocycles. The molecule has 0 saturated heterocycles. The molecule has 3 rings (SSSR count). The number of esters is 1. The fourth-order valence-electron chi connectivity index (χ4n) is 3.39. The van der Waals surface area contributed by atoms with Gasteiger partial charge in [-0.2, -0.15) is 4.31 Å². The van der Waals surface area contributed by atoms with Crippen LogP contribution in [0.3, 0.4) is 0 Å². The number of nitrogens with zero attached hydrogens (tertiary/aromatic N) is 1. The number of ether oxygens (including phenoxy) is 1. The van der Waals surface area contributed by atoms with Gasteiger partial charge in [0.2, 0.25) is 0 Å². The number of likely N-dealkylation sites (N-methyl/N-ethyl adjacent to an activating group) is 1. The zero-order valence-electron chi connectivity index (χ0n) is 12.2. The maximum absolute atomic E-state index is 12.3. The van der Waals surface area contributed by atoms with Gasteiger partial charge < -0.3 is 4.74 Å². The van der Waals surface area contributed by atoms with Crippen LogP contribution in [-0.4, -0.2) is 38.4 Å². The molecule has 1 heterocycles. The van der Waals surface area contributed by atoms with Crippen LogP contribution in [0.4, 0.5) is 0 Å². The lowest BCUT2D eigenvalue weighted by Crippen LogP contribution is -2.35. The Morgan fingerprint density at radius 3 is 2.73 bits per heavy atom. The molecule has 0 amide bonds. The predicted octanol–water partition coefficient (Wildman–Crippen LogP) is 2.75. The quantitative estimate of drug-likeness (QED) is 0.754. The van der Waals surface area contributed by atoms with Gasteiger partial charge in [0.25, 0.3) is 10.0 Å². The second kappa shape index (κ2) is 6.11. The van der Waals surface area contributed by atoms with Crippen LogP contribution in [0.25, 0.3) is 0 Å². The summed E-state index contributed by atoms with van der Waals surface area (Å²) in [5.41, 5.74) is 0. The van der Waals surface area contributed by atoms with E-state index >= 15 is 0 Å². The Bertz CT molecular complexity index is 672. The van der Waals surface area contributed by atoms with E-state index in [1.807, 2.05) is 0 Å². The molecule has 0 unspecified atom stereocenters. The third-order valence-electron chi connectivity index (χ3n) is 4.52. The smallest absolute Gasteiger partial charge is 0.321 e. The first-order valence-electron chi connectivity index (χ1n) is 7.27. The third kappa shape index (κ3) is 3.18. The number of halogens is 1. The molecule has 8 heteroatoms. The summed E-state index contributed by atoms with van der Waals surface area (Å²) in [4.78, 5) is 12.0. The van der Waals surface area contributed by atoms with Gasteiger partial charge in [-0.25, -0.2) is 8.42 Å². The molecule has 0 spiro atoms. The van der Waals surface area contributed by atoms with Crippen LogP contribution >= 0.6 is 22.9 Å². The summed E-state index contributed by atoms with van der Waals surface area (Å²) in [5.74, 6) is 0.663. The van der Waals surface area contributed by atoms with E-state index in [0.29, 0.717) is 16.2 Å². The highest BCUT2D eigenvalue weighted by molar-refractivity contribution is 7.91. The van der Waals surface area contributed by atoms with Crippen LogP contribution in [0.15, 0.2) is 16.3 Å². The highest BCUT2D eigenvalue weighted by atomic mass is 35.5. The average molecular weight is 364 g/mol. The van der Waals surface area contributed by atoms with Crippen molar-refractivity contribution < 1.29 is 17.9 Å². The molecule has 1 aromatic rings. The number of rotatable bonds is 5. The predicted molar refractivity (Wildman–Crippen MR) is 84.5 cm³/mol. The summed E-state index contributed by atoms with van der Waals surface area (Å²) in [7, 11) is -2.31. The Balaban J connectivity index is 1.59. The number of sulfonamides is 1. The zero-order valence-corrected chi connectivity index (χ0v) is 14.6. The molecule has 0 radical (unpaired) electrons. The van der Waals surface area contributed by atoms with Gasteiger partial charge in [0.05, 0.1) is 4.34 Å². The van der Waals surface area contributed by atoms with Gasteiger partial charge in [-0.15, -0.1) is 11.3 Å². The van der Waals surface area contributed by atoms with E-state index < -0.39 is 16.0 Å². The van der Waals surface area contributed by atoms with E-state index in [9.17, 15) is 13.2 Å². The average Bonchev–Trinajstić information content (AvgIpc) is 3.14. The van der Waals surface area contributed by atoms with Gasteiger partial charge in [-0.05, 0) is 49.7 Å². The van der Waals surface area contributed by atoms with Crippen LogP contribution in [0.1, 0.15) is 25.7 Å². The van der Waals surface area contributed by atoms with Gasteiger partial charge in [0.15, 0.2) is 0 Å². The van der Waals surface area contributed by atoms with Crippen molar-refractivity contribution in [2.24, 2.45) is 11.8 Å². The monoisotopic (exact) mass is 363 g/mol. The summed E-state index contributed by atoms with van der Waals surface area (Å²) in [6, 6.07) is 2.97. The van der Waals surface area contributed by atoms with Crippen LogP contribution in [0, 0.1) is 11.8 Å². The van der Waals surface area contributed by atoms with Crippen molar-refractivity contribution in [2.45, 2.75) is 36.0 Å². The highest BCUT2D eigenvalue weighted by Crippen LogP contribution is 2.45. The molecule has 2 aliphatic rings. The zero-order chi connectivity index (χ0) is 15.9. The van der Waals surface area contributed by atoms with E-state index in [2.05, 4.69) is 0 Å². The molecule has 0 aliphatic heterocycles. The summed E-state index contributed by atoms with van der Waals surface area (Å²) < 4.78 is 31.7. The number of carbonyl (C=O) groups is 1. The molecule has 3 atom stereocenters.